The lowest BCUT2D eigenvalue weighted by Crippen LogP contribution is -2.22. The summed E-state index contributed by atoms with van der Waals surface area (Å²) >= 11 is 0. The van der Waals surface area contributed by atoms with Crippen LogP contribution in [0.15, 0.2) is 0 Å². The van der Waals surface area contributed by atoms with E-state index in [1.165, 1.54) is 38.5 Å². The molecule has 0 heterocycles. The van der Waals surface area contributed by atoms with Crippen LogP contribution in [0.5, 0.6) is 0 Å². The number of sulfonamides is 1. The molecule has 194 valence electrons. The van der Waals surface area contributed by atoms with Gasteiger partial charge in [0.2, 0.25) is 10.0 Å². The summed E-state index contributed by atoms with van der Waals surface area (Å²) in [6.07, 6.45) is 17.9. The molecule has 0 radical (unpaired) electrons. The molecule has 0 bridgehead atoms. The molecule has 0 saturated heterocycles. The van der Waals surface area contributed by atoms with E-state index in [0.29, 0.717) is 18.4 Å². The van der Waals surface area contributed by atoms with E-state index in [1.54, 1.807) is 0 Å². The maximum absolute atomic E-state index is 11.2. The van der Waals surface area contributed by atoms with E-state index in [1.807, 2.05) is 0 Å². The normalized spacial score (nSPS) is 13.1. The average Bonchev–Trinajstić information content (AvgIpc) is 2.77. The summed E-state index contributed by atoms with van der Waals surface area (Å²) in [6.45, 7) is 11.1. The van der Waals surface area contributed by atoms with Gasteiger partial charge in [-0.3, -0.25) is 0 Å². The van der Waals surface area contributed by atoms with Crippen molar-refractivity contribution >= 4 is 10.0 Å². The van der Waals surface area contributed by atoms with Crippen molar-refractivity contribution in [1.82, 2.24) is 0 Å². The molecule has 5 nitrogen and oxygen atoms in total. The van der Waals surface area contributed by atoms with Gasteiger partial charge in [-0.25, -0.2) is 13.6 Å². The zero-order chi connectivity index (χ0) is 24.3. The van der Waals surface area contributed by atoms with Crippen LogP contribution in [-0.4, -0.2) is 39.1 Å². The summed E-state index contributed by atoms with van der Waals surface area (Å²) in [5, 5.41) is 14.1. The van der Waals surface area contributed by atoms with Crippen molar-refractivity contribution in [2.24, 2.45) is 16.0 Å². The molecule has 0 aromatic carbocycles. The van der Waals surface area contributed by atoms with Crippen LogP contribution < -0.4 is 5.14 Å². The van der Waals surface area contributed by atoms with Gasteiger partial charge in [-0.15, -0.1) is 0 Å². The van der Waals surface area contributed by atoms with E-state index < -0.39 is 10.0 Å². The fourth-order valence-corrected chi connectivity index (χ4v) is 5.66. The van der Waals surface area contributed by atoms with Gasteiger partial charge in [0, 0.05) is 19.8 Å². The van der Waals surface area contributed by atoms with Crippen LogP contribution in [0.2, 0.25) is 0 Å². The Morgan fingerprint density at radius 2 is 1.06 bits per heavy atom. The number of ether oxygens (including phenoxy) is 1. The number of aliphatic hydroxyl groups excluding tert-OH is 1. The highest BCUT2D eigenvalue weighted by Gasteiger charge is 2.26. The van der Waals surface area contributed by atoms with E-state index in [9.17, 15) is 8.42 Å². The van der Waals surface area contributed by atoms with Crippen molar-refractivity contribution in [2.45, 2.75) is 130 Å². The number of unbranched alkanes of at least 4 members (excludes halogenated alkanes) is 4. The molecule has 0 aliphatic heterocycles. The Labute approximate surface area is 200 Å². The van der Waals surface area contributed by atoms with Gasteiger partial charge in [0.05, 0.1) is 5.75 Å². The lowest BCUT2D eigenvalue weighted by molar-refractivity contribution is 0.113. The van der Waals surface area contributed by atoms with Gasteiger partial charge >= 0.3 is 0 Å². The highest BCUT2D eigenvalue weighted by molar-refractivity contribution is 7.89. The predicted molar refractivity (Wildman–Crippen MR) is 137 cm³/mol. The van der Waals surface area contributed by atoms with Gasteiger partial charge in [0.15, 0.2) is 0 Å². The summed E-state index contributed by atoms with van der Waals surface area (Å²) in [4.78, 5) is 0. The van der Waals surface area contributed by atoms with Gasteiger partial charge in [-0.05, 0) is 62.2 Å². The second-order valence-electron chi connectivity index (χ2n) is 9.95. The molecule has 0 spiro atoms. The van der Waals surface area contributed by atoms with Crippen molar-refractivity contribution in [2.75, 3.05) is 25.6 Å². The van der Waals surface area contributed by atoms with Crippen LogP contribution in [0.3, 0.4) is 0 Å². The summed E-state index contributed by atoms with van der Waals surface area (Å²) in [7, 11) is -3.35. The second-order valence-corrected chi connectivity index (χ2v) is 11.7. The van der Waals surface area contributed by atoms with E-state index in [2.05, 4.69) is 27.7 Å². The summed E-state index contributed by atoms with van der Waals surface area (Å²) in [5.41, 5.74) is 0.716. The number of hydrogen-bond donors (Lipinski definition) is 2. The lowest BCUT2D eigenvalue weighted by atomic mass is 9.74. The van der Waals surface area contributed by atoms with Crippen LogP contribution >= 0.6 is 0 Å². The fourth-order valence-electron chi connectivity index (χ4n) is 5.11. The Balaban J connectivity index is 4.02. The quantitative estimate of drug-likeness (QED) is 0.163. The van der Waals surface area contributed by atoms with Gasteiger partial charge in [-0.2, -0.15) is 0 Å². The first-order valence-corrected chi connectivity index (χ1v) is 15.1. The van der Waals surface area contributed by atoms with E-state index in [0.717, 1.165) is 71.0 Å². The van der Waals surface area contributed by atoms with Gasteiger partial charge < -0.3 is 9.84 Å². The monoisotopic (exact) mass is 477 g/mol. The molecule has 6 heteroatoms. The molecule has 0 aliphatic carbocycles. The molecular weight excluding hydrogens is 422 g/mol. The van der Waals surface area contributed by atoms with Crippen molar-refractivity contribution in [1.29, 1.82) is 0 Å². The van der Waals surface area contributed by atoms with E-state index in [-0.39, 0.29) is 11.2 Å². The van der Waals surface area contributed by atoms with Gasteiger partial charge in [0.1, 0.15) is 0 Å². The maximum atomic E-state index is 11.2. The number of primary sulfonamides is 1. The number of nitrogens with two attached hydrogens (primary N) is 1. The SMILES string of the molecule is CCC(CC)(CCCCCO)CCCCOCCCCC(CC)(CC)CCCS(N)(=O)=O. The molecule has 0 aromatic heterocycles. The fraction of sp³-hybridized carbons (Fsp3) is 1.00. The average molecular weight is 478 g/mol. The molecule has 0 aliphatic rings. The van der Waals surface area contributed by atoms with Gasteiger partial charge in [0.25, 0.3) is 0 Å². The molecule has 0 atom stereocenters. The molecule has 0 rings (SSSR count). The summed E-state index contributed by atoms with van der Waals surface area (Å²) < 4.78 is 28.3. The minimum absolute atomic E-state index is 0.0951. The Kier molecular flexibility index (Phi) is 18.1. The molecule has 3 N–H and O–H groups in total. The van der Waals surface area contributed by atoms with E-state index in [4.69, 9.17) is 15.0 Å². The molecule has 0 unspecified atom stereocenters. The second kappa shape index (κ2) is 18.2. The largest absolute Gasteiger partial charge is 0.396 e. The van der Waals surface area contributed by atoms with Crippen LogP contribution in [0, 0.1) is 10.8 Å². The number of hydrogen-bond acceptors (Lipinski definition) is 4. The molecule has 0 aromatic rings. The van der Waals surface area contributed by atoms with Crippen molar-refractivity contribution in [3.8, 4) is 0 Å². The maximum Gasteiger partial charge on any atom is 0.209 e. The van der Waals surface area contributed by atoms with Crippen molar-refractivity contribution in [3.05, 3.63) is 0 Å². The molecule has 32 heavy (non-hydrogen) atoms. The minimum Gasteiger partial charge on any atom is -0.396 e. The standard InChI is InChI=1S/C26H55NO4S/c1-5-25(6-2,17-10-9-13-21-28)18-11-14-22-31-23-15-12-19-26(7-3,8-4)20-16-24-32(27,29)30/h28H,5-24H2,1-4H3,(H2,27,29,30). The Morgan fingerprint density at radius 3 is 1.44 bits per heavy atom. The smallest absolute Gasteiger partial charge is 0.209 e. The third kappa shape index (κ3) is 14.9. The molecular formula is C26H55NO4S. The molecule has 0 fully saturated rings. The van der Waals surface area contributed by atoms with Crippen molar-refractivity contribution < 1.29 is 18.3 Å². The Bertz CT molecular complexity index is 528. The van der Waals surface area contributed by atoms with Crippen molar-refractivity contribution in [3.63, 3.8) is 0 Å². The predicted octanol–water partition coefficient (Wildman–Crippen LogP) is 6.58. The highest BCUT2D eigenvalue weighted by Crippen LogP contribution is 2.38. The van der Waals surface area contributed by atoms with Crippen LogP contribution in [0.1, 0.15) is 130 Å². The third-order valence-corrected chi connectivity index (χ3v) is 8.85. The topological polar surface area (TPSA) is 89.6 Å². The zero-order valence-electron chi connectivity index (χ0n) is 21.8. The van der Waals surface area contributed by atoms with Crippen LogP contribution in [0.4, 0.5) is 0 Å². The first-order valence-electron chi connectivity index (χ1n) is 13.4. The molecule has 0 amide bonds. The zero-order valence-corrected chi connectivity index (χ0v) is 22.6. The third-order valence-electron chi connectivity index (χ3n) is 7.99. The first kappa shape index (κ1) is 31.8. The summed E-state index contributed by atoms with van der Waals surface area (Å²) in [5.74, 6) is 0.0951. The van der Waals surface area contributed by atoms with Crippen LogP contribution in [0.25, 0.3) is 0 Å². The Morgan fingerprint density at radius 1 is 0.656 bits per heavy atom. The van der Waals surface area contributed by atoms with Crippen LogP contribution in [-0.2, 0) is 14.8 Å². The minimum atomic E-state index is -3.35. The highest BCUT2D eigenvalue weighted by atomic mass is 32.2. The number of aliphatic hydroxyl groups is 1. The molecule has 0 saturated carbocycles. The first-order chi connectivity index (χ1) is 15.2. The number of rotatable bonds is 23. The lowest BCUT2D eigenvalue weighted by Gasteiger charge is -2.32. The summed E-state index contributed by atoms with van der Waals surface area (Å²) in [6, 6.07) is 0. The van der Waals surface area contributed by atoms with E-state index >= 15 is 0 Å². The van der Waals surface area contributed by atoms with Gasteiger partial charge in [-0.1, -0.05) is 79.1 Å². The Hall–Kier alpha value is -0.170.